The van der Waals surface area contributed by atoms with Crippen molar-refractivity contribution in [3.63, 3.8) is 0 Å². The first-order chi connectivity index (χ1) is 12.0. The lowest BCUT2D eigenvalue weighted by atomic mass is 9.96. The molecule has 1 aliphatic rings. The fraction of sp³-hybridized carbons (Fsp3) is 0.389. The number of morpholine rings is 1. The lowest BCUT2D eigenvalue weighted by Gasteiger charge is -2.41. The van der Waals surface area contributed by atoms with Gasteiger partial charge in [0.15, 0.2) is 0 Å². The van der Waals surface area contributed by atoms with Gasteiger partial charge in [-0.3, -0.25) is 14.6 Å². The van der Waals surface area contributed by atoms with E-state index in [4.69, 9.17) is 15.2 Å². The van der Waals surface area contributed by atoms with Crippen molar-refractivity contribution in [1.29, 1.82) is 0 Å². The summed E-state index contributed by atoms with van der Waals surface area (Å²) < 4.78 is 11.0. The van der Waals surface area contributed by atoms with E-state index in [2.05, 4.69) is 4.98 Å². The van der Waals surface area contributed by atoms with Crippen molar-refractivity contribution in [2.75, 3.05) is 33.4 Å². The Hall–Kier alpha value is -2.51. The monoisotopic (exact) mass is 343 g/mol. The molecule has 132 valence electrons. The second-order valence-electron chi connectivity index (χ2n) is 6.21. The molecule has 7 nitrogen and oxygen atoms in total. The van der Waals surface area contributed by atoms with E-state index in [0.29, 0.717) is 18.7 Å². The highest BCUT2D eigenvalue weighted by atomic mass is 16.5. The fourth-order valence-electron chi connectivity index (χ4n) is 3.30. The van der Waals surface area contributed by atoms with E-state index in [1.54, 1.807) is 23.2 Å². The van der Waals surface area contributed by atoms with Gasteiger partial charge in [-0.05, 0) is 18.2 Å². The van der Waals surface area contributed by atoms with Crippen LogP contribution in [0.25, 0.3) is 10.9 Å². The number of hydrogen-bond acceptors (Lipinski definition) is 5. The Labute approximate surface area is 145 Å². The second kappa shape index (κ2) is 7.16. The number of carbonyl (C=O) groups excluding carboxylic acids is 2. The van der Waals surface area contributed by atoms with Gasteiger partial charge >= 0.3 is 0 Å². The normalized spacial score (nSPS) is 20.6. The van der Waals surface area contributed by atoms with Crippen LogP contribution in [0.15, 0.2) is 36.5 Å². The summed E-state index contributed by atoms with van der Waals surface area (Å²) in [6, 6.07) is 9.15. The van der Waals surface area contributed by atoms with Crippen molar-refractivity contribution in [3.05, 3.63) is 42.1 Å². The summed E-state index contributed by atoms with van der Waals surface area (Å²) in [5, 5.41) is 0.800. The van der Waals surface area contributed by atoms with Gasteiger partial charge in [0.05, 0.1) is 31.7 Å². The summed E-state index contributed by atoms with van der Waals surface area (Å²) >= 11 is 0. The van der Waals surface area contributed by atoms with Crippen LogP contribution in [0.5, 0.6) is 0 Å². The van der Waals surface area contributed by atoms with Gasteiger partial charge in [-0.25, -0.2) is 0 Å². The van der Waals surface area contributed by atoms with Crippen LogP contribution in [0.4, 0.5) is 0 Å². The molecule has 3 rings (SSSR count). The molecular formula is C18H21N3O4. The number of nitrogens with two attached hydrogens (primary N) is 1. The van der Waals surface area contributed by atoms with Gasteiger partial charge in [0.2, 0.25) is 5.91 Å². The van der Waals surface area contributed by atoms with Crippen molar-refractivity contribution in [1.82, 2.24) is 9.88 Å². The minimum absolute atomic E-state index is 0.00170. The minimum atomic E-state index is -0.905. The number of primary amides is 1. The second-order valence-corrected chi connectivity index (χ2v) is 6.21. The maximum absolute atomic E-state index is 13.1. The summed E-state index contributed by atoms with van der Waals surface area (Å²) in [4.78, 5) is 30.5. The van der Waals surface area contributed by atoms with Gasteiger partial charge in [-0.1, -0.05) is 12.1 Å². The number of pyridine rings is 1. The molecule has 1 fully saturated rings. The summed E-state index contributed by atoms with van der Waals surface area (Å²) in [6.07, 6.45) is 1.70. The van der Waals surface area contributed by atoms with E-state index in [1.807, 2.05) is 18.2 Å². The van der Waals surface area contributed by atoms with E-state index in [0.717, 1.165) is 10.9 Å². The summed E-state index contributed by atoms with van der Waals surface area (Å²) in [5.41, 5.74) is 5.80. The predicted octanol–water partition coefficient (Wildman–Crippen LogP) is 0.968. The number of aromatic nitrogens is 1. The van der Waals surface area contributed by atoms with Crippen LogP contribution in [-0.2, 0) is 14.3 Å². The lowest BCUT2D eigenvalue weighted by Crippen LogP contribution is -2.57. The summed E-state index contributed by atoms with van der Waals surface area (Å²) in [7, 11) is 1.53. The number of rotatable bonds is 5. The Morgan fingerprint density at radius 2 is 2.20 bits per heavy atom. The fourth-order valence-corrected chi connectivity index (χ4v) is 3.30. The smallest absolute Gasteiger partial charge is 0.254 e. The van der Waals surface area contributed by atoms with E-state index >= 15 is 0 Å². The maximum Gasteiger partial charge on any atom is 0.254 e. The number of nitrogens with zero attached hydrogens (tertiary/aromatic N) is 2. The molecule has 25 heavy (non-hydrogen) atoms. The highest BCUT2D eigenvalue weighted by molar-refractivity contribution is 6.06. The van der Waals surface area contributed by atoms with Gasteiger partial charge in [0.25, 0.3) is 5.91 Å². The van der Waals surface area contributed by atoms with Crippen LogP contribution >= 0.6 is 0 Å². The number of hydrogen-bond donors (Lipinski definition) is 1. The van der Waals surface area contributed by atoms with E-state index in [-0.39, 0.29) is 25.5 Å². The first-order valence-corrected chi connectivity index (χ1v) is 8.09. The average molecular weight is 343 g/mol. The lowest BCUT2D eigenvalue weighted by molar-refractivity contribution is -0.148. The molecule has 1 aromatic carbocycles. The number of fused-ring (bicyclic) bond motifs is 1. The summed E-state index contributed by atoms with van der Waals surface area (Å²) in [5.74, 6) is -0.604. The molecule has 1 atom stereocenters. The SMILES string of the molecule is COC[C@@]1(CC(N)=O)CN(C(=O)c2cccc3ncccc23)CCO1. The van der Waals surface area contributed by atoms with Crippen LogP contribution in [0.2, 0.25) is 0 Å². The molecule has 2 heterocycles. The molecule has 7 heteroatoms. The molecule has 0 saturated carbocycles. The number of benzene rings is 1. The van der Waals surface area contributed by atoms with Crippen molar-refractivity contribution in [2.24, 2.45) is 5.73 Å². The topological polar surface area (TPSA) is 94.8 Å². The standard InChI is InChI=1S/C18H21N3O4/c1-24-12-18(10-16(19)22)11-21(8-9-25-18)17(23)14-4-2-6-15-13(14)5-3-7-20-15/h2-7H,8-12H2,1H3,(H2,19,22)/t18-/m1/s1. The maximum atomic E-state index is 13.1. The highest BCUT2D eigenvalue weighted by Crippen LogP contribution is 2.25. The number of amides is 2. The number of ether oxygens (including phenoxy) is 2. The molecule has 1 aliphatic heterocycles. The Morgan fingerprint density at radius 3 is 2.96 bits per heavy atom. The van der Waals surface area contributed by atoms with Crippen molar-refractivity contribution < 1.29 is 19.1 Å². The van der Waals surface area contributed by atoms with E-state index in [1.165, 1.54) is 7.11 Å². The summed E-state index contributed by atoms with van der Waals surface area (Å²) in [6.45, 7) is 1.21. The van der Waals surface area contributed by atoms with Gasteiger partial charge in [-0.2, -0.15) is 0 Å². The molecule has 2 N–H and O–H groups in total. The Balaban J connectivity index is 1.89. The third-order valence-corrected chi connectivity index (χ3v) is 4.32. The van der Waals surface area contributed by atoms with Gasteiger partial charge in [0, 0.05) is 30.8 Å². The molecule has 0 aliphatic carbocycles. The Morgan fingerprint density at radius 1 is 1.36 bits per heavy atom. The zero-order valence-electron chi connectivity index (χ0n) is 14.1. The molecule has 0 unspecified atom stereocenters. The van der Waals surface area contributed by atoms with Crippen LogP contribution in [-0.4, -0.2) is 60.7 Å². The van der Waals surface area contributed by atoms with Crippen molar-refractivity contribution >= 4 is 22.7 Å². The first kappa shape index (κ1) is 17.3. The minimum Gasteiger partial charge on any atom is -0.382 e. The third-order valence-electron chi connectivity index (χ3n) is 4.32. The average Bonchev–Trinajstić information content (AvgIpc) is 2.60. The Bertz CT molecular complexity index is 785. The molecular weight excluding hydrogens is 322 g/mol. The number of carbonyl (C=O) groups is 2. The third kappa shape index (κ3) is 3.62. The molecule has 0 bridgehead atoms. The largest absolute Gasteiger partial charge is 0.382 e. The van der Waals surface area contributed by atoms with Gasteiger partial charge in [0.1, 0.15) is 5.60 Å². The molecule has 2 amide bonds. The molecule has 1 saturated heterocycles. The molecule has 0 radical (unpaired) electrons. The van der Waals surface area contributed by atoms with E-state index in [9.17, 15) is 9.59 Å². The van der Waals surface area contributed by atoms with Crippen LogP contribution in [0.3, 0.4) is 0 Å². The highest BCUT2D eigenvalue weighted by Gasteiger charge is 2.40. The zero-order chi connectivity index (χ0) is 17.9. The quantitative estimate of drug-likeness (QED) is 0.873. The van der Waals surface area contributed by atoms with Crippen LogP contribution in [0.1, 0.15) is 16.8 Å². The molecule has 1 aromatic heterocycles. The van der Waals surface area contributed by atoms with Crippen molar-refractivity contribution in [3.8, 4) is 0 Å². The van der Waals surface area contributed by atoms with Crippen molar-refractivity contribution in [2.45, 2.75) is 12.0 Å². The first-order valence-electron chi connectivity index (χ1n) is 8.09. The van der Waals surface area contributed by atoms with Gasteiger partial charge in [-0.15, -0.1) is 0 Å². The predicted molar refractivity (Wildman–Crippen MR) is 92.0 cm³/mol. The van der Waals surface area contributed by atoms with Gasteiger partial charge < -0.3 is 20.1 Å². The number of methoxy groups -OCH3 is 1. The van der Waals surface area contributed by atoms with Crippen LogP contribution in [0, 0.1) is 0 Å². The van der Waals surface area contributed by atoms with E-state index < -0.39 is 11.5 Å². The Kier molecular flexibility index (Phi) is 4.96. The molecule has 0 spiro atoms. The van der Waals surface area contributed by atoms with Crippen LogP contribution < -0.4 is 5.73 Å². The zero-order valence-corrected chi connectivity index (χ0v) is 14.1. The molecule has 2 aromatic rings.